The Hall–Kier alpha value is -0.0800. The lowest BCUT2D eigenvalue weighted by molar-refractivity contribution is -0.00657. The van der Waals surface area contributed by atoms with E-state index in [1.54, 1.807) is 0 Å². The molecule has 0 bridgehead atoms. The normalized spacial score (nSPS) is 13.9. The Bertz CT molecular complexity index is 220. The molecule has 0 aromatic heterocycles. The lowest BCUT2D eigenvalue weighted by atomic mass is 10.0. The maximum Gasteiger partial charge on any atom is 0.0598 e. The van der Waals surface area contributed by atoms with Gasteiger partial charge in [-0.3, -0.25) is 0 Å². The van der Waals surface area contributed by atoms with Gasteiger partial charge in [-0.1, -0.05) is 51.9 Å². The van der Waals surface area contributed by atoms with Gasteiger partial charge in [0.25, 0.3) is 0 Å². The zero-order chi connectivity index (χ0) is 16.1. The summed E-state index contributed by atoms with van der Waals surface area (Å²) < 4.78 is 5.82. The summed E-state index contributed by atoms with van der Waals surface area (Å²) in [4.78, 5) is 2.40. The number of rotatable bonds is 13. The molecule has 0 saturated carbocycles. The Morgan fingerprint density at radius 1 is 0.810 bits per heavy atom. The van der Waals surface area contributed by atoms with Crippen LogP contribution in [0.4, 0.5) is 0 Å². The molecule has 0 radical (unpaired) electrons. The molecule has 0 fully saturated rings. The Labute approximate surface area is 134 Å². The van der Waals surface area contributed by atoms with Crippen LogP contribution in [-0.4, -0.2) is 37.2 Å². The zero-order valence-corrected chi connectivity index (χ0v) is 15.7. The summed E-state index contributed by atoms with van der Waals surface area (Å²) in [5, 5.41) is 0. The summed E-state index contributed by atoms with van der Waals surface area (Å²) in [5.41, 5.74) is 0.00605. The summed E-state index contributed by atoms with van der Waals surface area (Å²) in [6.07, 6.45) is 13.6. The highest BCUT2D eigenvalue weighted by molar-refractivity contribution is 4.67. The fourth-order valence-corrected chi connectivity index (χ4v) is 2.70. The summed E-state index contributed by atoms with van der Waals surface area (Å²) in [5.74, 6) is 0. The van der Waals surface area contributed by atoms with Crippen molar-refractivity contribution in [2.24, 2.45) is 0 Å². The Morgan fingerprint density at radius 3 is 1.86 bits per heavy atom. The van der Waals surface area contributed by atoms with Crippen LogP contribution in [0.3, 0.4) is 0 Å². The predicted molar refractivity (Wildman–Crippen MR) is 95.0 cm³/mol. The van der Waals surface area contributed by atoms with Crippen LogP contribution in [0.2, 0.25) is 0 Å². The fourth-order valence-electron chi connectivity index (χ4n) is 2.70. The molecule has 0 aromatic carbocycles. The van der Waals surface area contributed by atoms with Crippen molar-refractivity contribution in [1.82, 2.24) is 4.90 Å². The predicted octanol–water partition coefficient (Wildman–Crippen LogP) is 5.65. The Morgan fingerprint density at radius 2 is 1.33 bits per heavy atom. The van der Waals surface area contributed by atoms with E-state index in [1.807, 2.05) is 0 Å². The molecule has 1 atom stereocenters. The molecule has 0 aromatic rings. The van der Waals surface area contributed by atoms with Crippen LogP contribution in [0, 0.1) is 0 Å². The van der Waals surface area contributed by atoms with Crippen molar-refractivity contribution in [3.63, 3.8) is 0 Å². The van der Waals surface area contributed by atoms with Crippen molar-refractivity contribution < 1.29 is 4.74 Å². The maximum absolute atomic E-state index is 5.82. The molecule has 128 valence electrons. The molecular formula is C19H41NO. The lowest BCUT2D eigenvalue weighted by Gasteiger charge is -2.25. The quantitative estimate of drug-likeness (QED) is 0.407. The van der Waals surface area contributed by atoms with Gasteiger partial charge < -0.3 is 9.64 Å². The molecule has 0 aliphatic rings. The maximum atomic E-state index is 5.82. The number of hydrogen-bond donors (Lipinski definition) is 0. The first-order valence-corrected chi connectivity index (χ1v) is 9.17. The van der Waals surface area contributed by atoms with Crippen LogP contribution >= 0.6 is 0 Å². The van der Waals surface area contributed by atoms with Crippen LogP contribution in [-0.2, 0) is 4.74 Å². The van der Waals surface area contributed by atoms with E-state index in [0.717, 1.165) is 12.6 Å². The van der Waals surface area contributed by atoms with Gasteiger partial charge in [-0.25, -0.2) is 0 Å². The van der Waals surface area contributed by atoms with E-state index < -0.39 is 0 Å². The molecule has 0 amide bonds. The van der Waals surface area contributed by atoms with Gasteiger partial charge in [0.1, 0.15) is 0 Å². The van der Waals surface area contributed by atoms with Gasteiger partial charge in [0.2, 0.25) is 0 Å². The Balaban J connectivity index is 3.63. The van der Waals surface area contributed by atoms with Crippen molar-refractivity contribution >= 4 is 0 Å². The summed E-state index contributed by atoms with van der Waals surface area (Å²) in [7, 11) is 4.44. The molecule has 0 aliphatic heterocycles. The molecule has 0 spiro atoms. The minimum absolute atomic E-state index is 0.00605. The first kappa shape index (κ1) is 20.9. The van der Waals surface area contributed by atoms with Crippen molar-refractivity contribution in [2.75, 3.05) is 20.7 Å². The first-order valence-electron chi connectivity index (χ1n) is 9.17. The van der Waals surface area contributed by atoms with Crippen LogP contribution in [0.25, 0.3) is 0 Å². The largest absolute Gasteiger partial charge is 0.376 e. The lowest BCUT2D eigenvalue weighted by Crippen LogP contribution is -2.28. The van der Waals surface area contributed by atoms with Gasteiger partial charge in [0, 0.05) is 12.6 Å². The second-order valence-corrected chi connectivity index (χ2v) is 7.63. The van der Waals surface area contributed by atoms with E-state index in [2.05, 4.69) is 46.7 Å². The highest BCUT2D eigenvalue weighted by Crippen LogP contribution is 2.16. The third kappa shape index (κ3) is 14.6. The van der Waals surface area contributed by atoms with E-state index in [1.165, 1.54) is 64.2 Å². The van der Waals surface area contributed by atoms with Crippen LogP contribution in [0.15, 0.2) is 0 Å². The van der Waals surface area contributed by atoms with E-state index in [9.17, 15) is 0 Å². The van der Waals surface area contributed by atoms with Gasteiger partial charge in [-0.2, -0.15) is 0 Å². The summed E-state index contributed by atoms with van der Waals surface area (Å²) >= 11 is 0. The third-order valence-corrected chi connectivity index (χ3v) is 4.09. The van der Waals surface area contributed by atoms with Crippen molar-refractivity contribution in [3.8, 4) is 0 Å². The number of nitrogens with zero attached hydrogens (tertiary/aromatic N) is 1. The van der Waals surface area contributed by atoms with E-state index >= 15 is 0 Å². The number of ether oxygens (including phenoxy) is 1. The van der Waals surface area contributed by atoms with Gasteiger partial charge in [-0.05, 0) is 54.1 Å². The minimum atomic E-state index is 0.00605. The van der Waals surface area contributed by atoms with E-state index in [4.69, 9.17) is 4.74 Å². The molecular weight excluding hydrogens is 258 g/mol. The second-order valence-electron chi connectivity index (χ2n) is 7.63. The fraction of sp³-hybridized carbons (Fsp3) is 1.00. The van der Waals surface area contributed by atoms with Gasteiger partial charge in [0.05, 0.1) is 5.60 Å². The van der Waals surface area contributed by atoms with Gasteiger partial charge >= 0.3 is 0 Å². The van der Waals surface area contributed by atoms with Gasteiger partial charge in [-0.15, -0.1) is 0 Å². The van der Waals surface area contributed by atoms with Crippen molar-refractivity contribution in [1.29, 1.82) is 0 Å². The standard InChI is InChI=1S/C19H41NO/c1-7-8-9-10-11-12-13-15-18(20(5)6)16-14-17-21-19(2,3)4/h18H,7-17H2,1-6H3. The van der Waals surface area contributed by atoms with E-state index in [0.29, 0.717) is 0 Å². The molecule has 0 saturated heterocycles. The average molecular weight is 300 g/mol. The smallest absolute Gasteiger partial charge is 0.0598 e. The van der Waals surface area contributed by atoms with Crippen molar-refractivity contribution in [2.45, 2.75) is 104 Å². The molecule has 2 heteroatoms. The number of hydrogen-bond acceptors (Lipinski definition) is 2. The molecule has 0 heterocycles. The molecule has 0 aliphatic carbocycles. The van der Waals surface area contributed by atoms with Crippen LogP contribution in [0.1, 0.15) is 91.9 Å². The van der Waals surface area contributed by atoms with E-state index in [-0.39, 0.29) is 5.60 Å². The molecule has 0 N–H and O–H groups in total. The van der Waals surface area contributed by atoms with Gasteiger partial charge in [0.15, 0.2) is 0 Å². The zero-order valence-electron chi connectivity index (χ0n) is 15.7. The first-order chi connectivity index (χ1) is 9.87. The highest BCUT2D eigenvalue weighted by atomic mass is 16.5. The topological polar surface area (TPSA) is 12.5 Å². The average Bonchev–Trinajstić information content (AvgIpc) is 2.38. The third-order valence-electron chi connectivity index (χ3n) is 4.09. The second kappa shape index (κ2) is 12.5. The van der Waals surface area contributed by atoms with Crippen molar-refractivity contribution in [3.05, 3.63) is 0 Å². The Kier molecular flexibility index (Phi) is 12.4. The summed E-state index contributed by atoms with van der Waals surface area (Å²) in [6, 6.07) is 0.726. The minimum Gasteiger partial charge on any atom is -0.376 e. The SMILES string of the molecule is CCCCCCCCCC(CCCOC(C)(C)C)N(C)C. The summed E-state index contributed by atoms with van der Waals surface area (Å²) in [6.45, 7) is 9.58. The van der Waals surface area contributed by atoms with Crippen LogP contribution < -0.4 is 0 Å². The monoisotopic (exact) mass is 299 g/mol. The highest BCUT2D eigenvalue weighted by Gasteiger charge is 2.13. The van der Waals surface area contributed by atoms with Crippen LogP contribution in [0.5, 0.6) is 0 Å². The molecule has 21 heavy (non-hydrogen) atoms. The molecule has 0 rings (SSSR count). The number of unbranched alkanes of at least 4 members (excludes halogenated alkanes) is 6. The molecule has 1 unspecified atom stereocenters. The molecule has 2 nitrogen and oxygen atoms in total.